The molecule has 2 fully saturated rings. The lowest BCUT2D eigenvalue weighted by Gasteiger charge is -2.12. The Balaban J connectivity index is 0.000000268. The van der Waals surface area contributed by atoms with Crippen LogP contribution in [0.4, 0.5) is 21.0 Å². The molecule has 0 radical (unpaired) electrons. The molecule has 2 aliphatic carbocycles. The number of nitrogen functional groups attached to an aromatic ring is 1. The fourth-order valence-electron chi connectivity index (χ4n) is 6.18. The summed E-state index contributed by atoms with van der Waals surface area (Å²) in [6.45, 7) is -5.23. The molecule has 0 unspecified atom stereocenters. The maximum atomic E-state index is 12.9. The van der Waals surface area contributed by atoms with Gasteiger partial charge in [-0.3, -0.25) is 5.32 Å². The van der Waals surface area contributed by atoms with Crippen molar-refractivity contribution in [3.8, 4) is 11.5 Å². The van der Waals surface area contributed by atoms with Gasteiger partial charge in [-0.05, 0) is 134 Å². The highest BCUT2D eigenvalue weighted by molar-refractivity contribution is 6.61. The molecule has 0 aliphatic heterocycles. The van der Waals surface area contributed by atoms with E-state index in [0.717, 1.165) is 27.3 Å². The Labute approximate surface area is 434 Å². The van der Waals surface area contributed by atoms with Crippen molar-refractivity contribution in [2.75, 3.05) is 39.2 Å². The number of nitrogens with zero attached hydrogens (tertiary/aromatic N) is 2. The largest absolute Gasteiger partial charge is 0.496 e. The smallest absolute Gasteiger partial charge is 0.411 e. The number of carbonyl (C=O) groups excluding carboxylic acids is 4. The Morgan fingerprint density at radius 3 is 1.68 bits per heavy atom. The van der Waals surface area contributed by atoms with Gasteiger partial charge in [-0.15, -0.1) is 0 Å². The zero-order chi connectivity index (χ0) is 77.8. The molecule has 2 heterocycles. The van der Waals surface area contributed by atoms with Crippen molar-refractivity contribution in [1.82, 2.24) is 9.13 Å². The normalized spacial score (nSPS) is 30.1. The third-order valence-electron chi connectivity index (χ3n) is 9.02. The Kier molecular flexibility index (Phi) is 6.66. The van der Waals surface area contributed by atoms with Crippen LogP contribution >= 0.6 is 11.6 Å². The van der Waals surface area contributed by atoms with Crippen molar-refractivity contribution >= 4 is 68.2 Å². The number of ether oxygens (including phenoxy) is 6. The van der Waals surface area contributed by atoms with Crippen LogP contribution in [0.1, 0.15) is 143 Å². The number of nitrogens with two attached hydrogens (primary N) is 1. The Morgan fingerprint density at radius 1 is 0.677 bits per heavy atom. The summed E-state index contributed by atoms with van der Waals surface area (Å²) in [5.41, 5.74) is 5.40. The second-order valence-corrected chi connectivity index (χ2v) is 13.4. The number of halogens is 1. The first-order valence-electron chi connectivity index (χ1n) is 36.1. The number of hydrogen-bond acceptors (Lipinski definition) is 11. The number of methoxy groups -OCH3 is 4. The molecule has 6 aromatic rings. The van der Waals surface area contributed by atoms with Crippen LogP contribution in [0.3, 0.4) is 0 Å². The number of fused-ring (bicyclic) bond motifs is 2. The molecular weight excluding hydrogens is 852 g/mol. The molecule has 0 spiro atoms. The summed E-state index contributed by atoms with van der Waals surface area (Å²) in [7, 11) is -12.0. The van der Waals surface area contributed by atoms with E-state index in [9.17, 15) is 19.2 Å². The Hall–Kier alpha value is -6.67. The van der Waals surface area contributed by atoms with Crippen LogP contribution in [0.2, 0.25) is 0 Å². The van der Waals surface area contributed by atoms with Crippen molar-refractivity contribution in [1.29, 1.82) is 0 Å². The molecule has 15 heteroatoms. The van der Waals surface area contributed by atoms with Crippen molar-refractivity contribution in [3.63, 3.8) is 0 Å². The van der Waals surface area contributed by atoms with E-state index in [0.29, 0.717) is 27.7 Å². The van der Waals surface area contributed by atoms with Crippen LogP contribution in [-0.4, -0.2) is 72.9 Å². The van der Waals surface area contributed by atoms with E-state index in [1.165, 1.54) is 48.8 Å². The summed E-state index contributed by atoms with van der Waals surface area (Å²) in [6, 6.07) is 15.4. The number of aryl methyl sites for hydroxylation is 2. The first-order chi connectivity index (χ1) is 45.1. The van der Waals surface area contributed by atoms with Gasteiger partial charge in [0.1, 0.15) is 23.7 Å². The van der Waals surface area contributed by atoms with E-state index in [2.05, 4.69) is 19.5 Å². The van der Waals surface area contributed by atoms with E-state index >= 15 is 0 Å². The minimum Gasteiger partial charge on any atom is -0.496 e. The third-order valence-corrected chi connectivity index (χ3v) is 9.10. The molecule has 65 heavy (non-hydrogen) atoms. The molecule has 2 aromatic heterocycles. The molecule has 0 atom stereocenters. The second-order valence-electron chi connectivity index (χ2n) is 13.1. The van der Waals surface area contributed by atoms with Gasteiger partial charge in [0.15, 0.2) is 0 Å². The van der Waals surface area contributed by atoms with Crippen LogP contribution in [0, 0.1) is 0 Å². The number of nitrogens with one attached hydrogen (secondary N) is 1. The molecule has 2 saturated carbocycles. The Morgan fingerprint density at radius 2 is 1.18 bits per heavy atom. The number of rotatable bonds is 11. The van der Waals surface area contributed by atoms with Gasteiger partial charge in [0, 0.05) is 114 Å². The van der Waals surface area contributed by atoms with Gasteiger partial charge in [-0.1, -0.05) is 12.1 Å². The van der Waals surface area contributed by atoms with Gasteiger partial charge >= 0.3 is 23.5 Å². The number of aromatic nitrogens is 2. The van der Waals surface area contributed by atoms with E-state index in [1.54, 1.807) is 18.2 Å². The zero-order valence-electron chi connectivity index (χ0n) is 68.9. The summed E-state index contributed by atoms with van der Waals surface area (Å²) in [5, 5.41) is 2.81. The van der Waals surface area contributed by atoms with Gasteiger partial charge in [0.05, 0.1) is 58.5 Å². The van der Waals surface area contributed by atoms with Crippen molar-refractivity contribution in [2.45, 2.75) is 76.0 Å². The molecule has 344 valence electrons. The minimum absolute atomic E-state index is 0.0447. The summed E-state index contributed by atoms with van der Waals surface area (Å²) in [6.07, 6.45) is -34.7. The maximum Gasteiger partial charge on any atom is 0.411 e. The lowest BCUT2D eigenvalue weighted by Crippen LogP contribution is -2.20. The highest BCUT2D eigenvalue weighted by atomic mass is 35.5. The number of amides is 1. The molecule has 2 aliphatic rings. The van der Waals surface area contributed by atoms with Crippen molar-refractivity contribution in [2.24, 2.45) is 14.0 Å². The lowest BCUT2D eigenvalue weighted by molar-refractivity contribution is 0.0591. The first kappa shape index (κ1) is 19.4. The quantitative estimate of drug-likeness (QED) is 0.0548. The summed E-state index contributed by atoms with van der Waals surface area (Å²) >= 11 is 4.83. The zero-order valence-corrected chi connectivity index (χ0v) is 33.7. The molecule has 0 saturated heterocycles. The maximum absolute atomic E-state index is 12.9. The minimum atomic E-state index is -3.72. The number of anilines is 2. The first-order valence-corrected chi connectivity index (χ1v) is 18.5. The number of carbonyl (C=O) groups is 4. The monoisotopic (exact) mass is 945 g/mol. The molecule has 14 nitrogen and oxygen atoms in total. The molecular formula is C50H57ClN4O10. The summed E-state index contributed by atoms with van der Waals surface area (Å²) in [4.78, 5) is 48.0. The topological polar surface area (TPSA) is 172 Å². The lowest BCUT2D eigenvalue weighted by atomic mass is 10.0. The predicted octanol–water partition coefficient (Wildman–Crippen LogP) is 10.5. The van der Waals surface area contributed by atoms with Gasteiger partial charge in [-0.25, -0.2) is 19.2 Å². The number of benzene rings is 4. The van der Waals surface area contributed by atoms with Crippen LogP contribution in [-0.2, 0) is 45.7 Å². The van der Waals surface area contributed by atoms with Crippen LogP contribution in [0.25, 0.3) is 21.8 Å². The average Bonchev–Trinajstić information content (AvgIpc) is 1.51. The molecule has 4 aromatic carbocycles. The van der Waals surface area contributed by atoms with E-state index < -0.39 is 134 Å². The second kappa shape index (κ2) is 22.3. The highest BCUT2D eigenvalue weighted by Gasteiger charge is 2.21. The molecule has 8 rings (SSSR count). The fraction of sp³-hybridized carbons (Fsp3) is 0.360. The number of esters is 2. The molecule has 1 amide bonds. The van der Waals surface area contributed by atoms with Crippen LogP contribution < -0.4 is 20.5 Å². The predicted molar refractivity (Wildman–Crippen MR) is 251 cm³/mol. The van der Waals surface area contributed by atoms with Crippen LogP contribution in [0.15, 0.2) is 85.2 Å². The Bertz CT molecular complexity index is 4120. The third kappa shape index (κ3) is 12.3. The van der Waals surface area contributed by atoms with Crippen molar-refractivity contribution < 1.29 is 96.9 Å². The van der Waals surface area contributed by atoms with E-state index in [1.807, 2.05) is 0 Å². The van der Waals surface area contributed by atoms with Crippen LogP contribution in [0.5, 0.6) is 11.5 Å². The van der Waals surface area contributed by atoms with Gasteiger partial charge < -0.3 is 43.3 Å². The van der Waals surface area contributed by atoms with E-state index in [-0.39, 0.29) is 57.4 Å². The summed E-state index contributed by atoms with van der Waals surface area (Å²) in [5.74, 6) is -3.09. The SMILES string of the molecule is [2H]C([2H])([2H])OC(=O)c1ccc(Cc2cn(C([2H])([2H])[2H])c3ccc(N)cc23)c(OC([2H])([2H])[2H])c1.[2H]C([2H])([2H])OC(=O)c1ccc(Cc2cn(C([2H])([2H])[2H])c3ccc(NC(=O)OC4([2H])C([2H])([2H])C([2H])([2H])C([2H])([2H])C4([2H])[2H])cc23)c(OC([2H])([2H])[2H])c1.[2H]C1([2H])C([2H])([2H])C([2H])([2H])C([2H])(OC(=O)Cl)C1([2H])[2H]. The molecule has 0 bridgehead atoms. The average molecular weight is 946 g/mol. The van der Waals surface area contributed by atoms with Gasteiger partial charge in [0.25, 0.3) is 0 Å². The van der Waals surface area contributed by atoms with Gasteiger partial charge in [0.2, 0.25) is 0 Å². The standard InChI is InChI=1S/C25H28N2O5.C19H20N2O3.C6H9ClO2/c1-27-15-18(12-16-8-9-17(24(28)31-3)13-23(16)30-2)21-14-19(10-11-22(21)27)26-25(29)32-20-6-4-5-7-20;1-21-11-14(16-10-15(20)6-7-17(16)21)8-12-4-5-13(19(22)24-3)9-18(12)23-2;7-6(8)9-5-3-1-2-4-5/h8-11,13-15,20H,4-7,12H2,1-3H3,(H,26,29);4-7,9-11H,8,20H2,1-3H3;5H,1-4H2/i1D3,2D3,3D3,4D2,5D2,6D2,7D2,20D;1D3,2D3,3D3;1D2,2D2,3D2,4D2,5D. The highest BCUT2D eigenvalue weighted by Crippen LogP contribution is 2.32. The molecule has 3 N–H and O–H groups in total. The number of hydrogen-bond donors (Lipinski definition) is 2. The van der Waals surface area contributed by atoms with Gasteiger partial charge in [-0.2, -0.15) is 0 Å². The fourth-order valence-corrected chi connectivity index (χ4v) is 6.26. The van der Waals surface area contributed by atoms with E-state index in [4.69, 9.17) is 80.9 Å². The van der Waals surface area contributed by atoms with Crippen molar-refractivity contribution in [3.05, 3.63) is 119 Å². The summed E-state index contributed by atoms with van der Waals surface area (Å²) < 4.78 is 303.